The van der Waals surface area contributed by atoms with Crippen LogP contribution in [0.2, 0.25) is 0 Å². The molecule has 1 aromatic carbocycles. The van der Waals surface area contributed by atoms with Gasteiger partial charge in [-0.1, -0.05) is 50.1 Å². The SMILES string of the molecule is CCCCCN(NC(=O)OCc1ccccc1)C(=O)OC(C)(C)C. The Kier molecular flexibility index (Phi) is 8.09. The van der Waals surface area contributed by atoms with Crippen LogP contribution in [0.1, 0.15) is 52.5 Å². The summed E-state index contributed by atoms with van der Waals surface area (Å²) in [5.41, 5.74) is 2.71. The number of hydrogen-bond donors (Lipinski definition) is 1. The molecule has 0 aliphatic heterocycles. The van der Waals surface area contributed by atoms with E-state index in [9.17, 15) is 9.59 Å². The molecule has 1 N–H and O–H groups in total. The molecular formula is C18H28N2O4. The molecule has 0 spiro atoms. The van der Waals surface area contributed by atoms with Gasteiger partial charge in [0.2, 0.25) is 0 Å². The zero-order valence-electron chi connectivity index (χ0n) is 15.0. The van der Waals surface area contributed by atoms with Gasteiger partial charge in [0.25, 0.3) is 0 Å². The third-order valence-electron chi connectivity index (χ3n) is 3.04. The average Bonchev–Trinajstić information content (AvgIpc) is 2.51. The third kappa shape index (κ3) is 8.41. The van der Waals surface area contributed by atoms with Gasteiger partial charge in [0.15, 0.2) is 0 Å². The van der Waals surface area contributed by atoms with Crippen LogP contribution in [0.3, 0.4) is 0 Å². The van der Waals surface area contributed by atoms with E-state index in [2.05, 4.69) is 12.3 Å². The normalized spacial score (nSPS) is 10.8. The molecule has 134 valence electrons. The summed E-state index contributed by atoms with van der Waals surface area (Å²) < 4.78 is 10.5. The van der Waals surface area contributed by atoms with Gasteiger partial charge in [-0.25, -0.2) is 20.0 Å². The molecule has 0 radical (unpaired) electrons. The van der Waals surface area contributed by atoms with Crippen LogP contribution in [0.4, 0.5) is 9.59 Å². The van der Waals surface area contributed by atoms with E-state index in [-0.39, 0.29) is 6.61 Å². The summed E-state index contributed by atoms with van der Waals surface area (Å²) in [5.74, 6) is 0. The highest BCUT2D eigenvalue weighted by atomic mass is 16.6. The molecule has 0 unspecified atom stereocenters. The Morgan fingerprint density at radius 1 is 1.12 bits per heavy atom. The number of benzene rings is 1. The Labute approximate surface area is 144 Å². The topological polar surface area (TPSA) is 67.9 Å². The lowest BCUT2D eigenvalue weighted by molar-refractivity contribution is 0.0113. The van der Waals surface area contributed by atoms with Crippen molar-refractivity contribution in [1.29, 1.82) is 0 Å². The standard InChI is InChI=1S/C18H28N2O4/c1-5-6-10-13-20(17(22)24-18(2,3)4)19-16(21)23-14-15-11-8-7-9-12-15/h7-9,11-12H,5-6,10,13-14H2,1-4H3,(H,19,21). The van der Waals surface area contributed by atoms with Crippen molar-refractivity contribution in [3.63, 3.8) is 0 Å². The van der Waals surface area contributed by atoms with Crippen LogP contribution in [-0.4, -0.2) is 29.3 Å². The first-order chi connectivity index (χ1) is 11.3. The highest BCUT2D eigenvalue weighted by Crippen LogP contribution is 2.10. The average molecular weight is 336 g/mol. The number of nitrogens with one attached hydrogen (secondary N) is 1. The molecule has 2 amide bonds. The fraction of sp³-hybridized carbons (Fsp3) is 0.556. The van der Waals surface area contributed by atoms with Crippen LogP contribution in [0.15, 0.2) is 30.3 Å². The molecule has 0 fully saturated rings. The molecule has 0 bridgehead atoms. The zero-order valence-corrected chi connectivity index (χ0v) is 15.0. The first-order valence-electron chi connectivity index (χ1n) is 8.29. The molecule has 0 saturated carbocycles. The Bertz CT molecular complexity index is 512. The number of amides is 2. The van der Waals surface area contributed by atoms with Gasteiger partial charge in [0, 0.05) is 6.54 Å². The minimum atomic E-state index is -0.679. The fourth-order valence-corrected chi connectivity index (χ4v) is 1.90. The lowest BCUT2D eigenvalue weighted by Crippen LogP contribution is -2.48. The summed E-state index contributed by atoms with van der Waals surface area (Å²) in [6.45, 7) is 7.93. The van der Waals surface area contributed by atoms with Gasteiger partial charge in [0.05, 0.1) is 0 Å². The summed E-state index contributed by atoms with van der Waals surface area (Å²) in [7, 11) is 0. The van der Waals surface area contributed by atoms with Crippen LogP contribution in [0, 0.1) is 0 Å². The summed E-state index contributed by atoms with van der Waals surface area (Å²) in [4.78, 5) is 24.1. The molecule has 6 heteroatoms. The number of carbonyl (C=O) groups is 2. The van der Waals surface area contributed by atoms with Crippen molar-refractivity contribution in [3.8, 4) is 0 Å². The molecule has 1 aromatic rings. The van der Waals surface area contributed by atoms with Gasteiger partial charge in [-0.2, -0.15) is 0 Å². The van der Waals surface area contributed by atoms with Crippen molar-refractivity contribution in [2.45, 2.75) is 59.2 Å². The van der Waals surface area contributed by atoms with Crippen LogP contribution in [0.5, 0.6) is 0 Å². The van der Waals surface area contributed by atoms with Gasteiger partial charge in [-0.15, -0.1) is 0 Å². The third-order valence-corrected chi connectivity index (χ3v) is 3.04. The number of unbranched alkanes of at least 4 members (excludes halogenated alkanes) is 2. The van der Waals surface area contributed by atoms with Crippen LogP contribution in [0.25, 0.3) is 0 Å². The van der Waals surface area contributed by atoms with E-state index < -0.39 is 17.8 Å². The summed E-state index contributed by atoms with van der Waals surface area (Å²) >= 11 is 0. The molecule has 0 aliphatic rings. The highest BCUT2D eigenvalue weighted by Gasteiger charge is 2.23. The zero-order chi connectivity index (χ0) is 18.0. The lowest BCUT2D eigenvalue weighted by Gasteiger charge is -2.27. The van der Waals surface area contributed by atoms with Crippen molar-refractivity contribution in [1.82, 2.24) is 10.4 Å². The number of hydrogen-bond acceptors (Lipinski definition) is 4. The van der Waals surface area contributed by atoms with E-state index in [0.29, 0.717) is 6.54 Å². The predicted octanol–water partition coefficient (Wildman–Crippen LogP) is 4.26. The van der Waals surface area contributed by atoms with Gasteiger partial charge < -0.3 is 9.47 Å². The number of nitrogens with zero attached hydrogens (tertiary/aromatic N) is 1. The van der Waals surface area contributed by atoms with E-state index in [1.807, 2.05) is 30.3 Å². The van der Waals surface area contributed by atoms with Crippen molar-refractivity contribution < 1.29 is 19.1 Å². The number of hydrazine groups is 1. The Hall–Kier alpha value is -2.24. The maximum atomic E-state index is 12.2. The quantitative estimate of drug-likeness (QED) is 0.623. The predicted molar refractivity (Wildman–Crippen MR) is 92.2 cm³/mol. The molecule has 0 saturated heterocycles. The summed E-state index contributed by atoms with van der Waals surface area (Å²) in [5, 5.41) is 1.17. The van der Waals surface area contributed by atoms with E-state index in [1.54, 1.807) is 20.8 Å². The maximum Gasteiger partial charge on any atom is 0.429 e. The Balaban J connectivity index is 2.55. The second kappa shape index (κ2) is 9.80. The van der Waals surface area contributed by atoms with Gasteiger partial charge in [-0.3, -0.25) is 0 Å². The van der Waals surface area contributed by atoms with Gasteiger partial charge >= 0.3 is 12.2 Å². The summed E-state index contributed by atoms with van der Waals surface area (Å²) in [6, 6.07) is 9.35. The Morgan fingerprint density at radius 2 is 1.79 bits per heavy atom. The summed E-state index contributed by atoms with van der Waals surface area (Å²) in [6.07, 6.45) is 1.48. The molecule has 0 atom stereocenters. The van der Waals surface area contributed by atoms with Crippen molar-refractivity contribution in [3.05, 3.63) is 35.9 Å². The van der Waals surface area contributed by atoms with Crippen LogP contribution < -0.4 is 5.43 Å². The largest absolute Gasteiger partial charge is 0.443 e. The first-order valence-corrected chi connectivity index (χ1v) is 8.29. The molecular weight excluding hydrogens is 308 g/mol. The number of carbonyl (C=O) groups excluding carboxylic acids is 2. The molecule has 0 aliphatic carbocycles. The van der Waals surface area contributed by atoms with Crippen LogP contribution in [-0.2, 0) is 16.1 Å². The van der Waals surface area contributed by atoms with Crippen molar-refractivity contribution in [2.24, 2.45) is 0 Å². The first kappa shape index (κ1) is 19.8. The number of ether oxygens (including phenoxy) is 2. The van der Waals surface area contributed by atoms with E-state index in [0.717, 1.165) is 24.8 Å². The van der Waals surface area contributed by atoms with E-state index >= 15 is 0 Å². The number of rotatable bonds is 6. The van der Waals surface area contributed by atoms with Crippen LogP contribution >= 0.6 is 0 Å². The lowest BCUT2D eigenvalue weighted by atomic mass is 10.2. The monoisotopic (exact) mass is 336 g/mol. The molecule has 24 heavy (non-hydrogen) atoms. The van der Waals surface area contributed by atoms with Gasteiger partial charge in [-0.05, 0) is 32.8 Å². The molecule has 6 nitrogen and oxygen atoms in total. The fourth-order valence-electron chi connectivity index (χ4n) is 1.90. The molecule has 1 rings (SSSR count). The van der Waals surface area contributed by atoms with E-state index in [1.165, 1.54) is 5.01 Å². The highest BCUT2D eigenvalue weighted by molar-refractivity contribution is 5.74. The minimum Gasteiger partial charge on any atom is -0.443 e. The maximum absolute atomic E-state index is 12.2. The van der Waals surface area contributed by atoms with E-state index in [4.69, 9.17) is 9.47 Å². The second-order valence-corrected chi connectivity index (χ2v) is 6.51. The van der Waals surface area contributed by atoms with Gasteiger partial charge in [0.1, 0.15) is 12.2 Å². The Morgan fingerprint density at radius 3 is 2.38 bits per heavy atom. The van der Waals surface area contributed by atoms with Crippen molar-refractivity contribution >= 4 is 12.2 Å². The smallest absolute Gasteiger partial charge is 0.429 e. The van der Waals surface area contributed by atoms with Crippen molar-refractivity contribution in [2.75, 3.05) is 6.54 Å². The molecule has 0 aromatic heterocycles. The second-order valence-electron chi connectivity index (χ2n) is 6.51. The minimum absolute atomic E-state index is 0.143. The molecule has 0 heterocycles.